The van der Waals surface area contributed by atoms with Gasteiger partial charge in [-0.3, -0.25) is 0 Å². The zero-order valence-corrected chi connectivity index (χ0v) is 13.4. The lowest BCUT2D eigenvalue weighted by molar-refractivity contribution is 0.730. The van der Waals surface area contributed by atoms with Gasteiger partial charge in [0.15, 0.2) is 0 Å². The Morgan fingerprint density at radius 3 is 2.10 bits per heavy atom. The van der Waals surface area contributed by atoms with Crippen LogP contribution in [0.3, 0.4) is 0 Å². The monoisotopic (exact) mass is 282 g/mol. The number of rotatable bonds is 6. The predicted octanol–water partition coefficient (Wildman–Crippen LogP) is 3.97. The SMILES string of the molecule is Cc1ccccc1N(CCCN)Cc1c(C)cccc1C. The molecule has 2 nitrogen and oxygen atoms in total. The highest BCUT2D eigenvalue weighted by atomic mass is 15.1. The maximum Gasteiger partial charge on any atom is 0.0434 e. The van der Waals surface area contributed by atoms with Crippen LogP contribution < -0.4 is 10.6 Å². The van der Waals surface area contributed by atoms with Crippen LogP contribution >= 0.6 is 0 Å². The lowest BCUT2D eigenvalue weighted by Gasteiger charge is -2.28. The highest BCUT2D eigenvalue weighted by Gasteiger charge is 2.12. The Morgan fingerprint density at radius 1 is 0.857 bits per heavy atom. The van der Waals surface area contributed by atoms with E-state index in [4.69, 9.17) is 5.73 Å². The van der Waals surface area contributed by atoms with Crippen molar-refractivity contribution in [3.63, 3.8) is 0 Å². The van der Waals surface area contributed by atoms with E-state index in [2.05, 4.69) is 68.1 Å². The average molecular weight is 282 g/mol. The van der Waals surface area contributed by atoms with Gasteiger partial charge in [0.05, 0.1) is 0 Å². The van der Waals surface area contributed by atoms with Crippen molar-refractivity contribution in [2.24, 2.45) is 5.73 Å². The van der Waals surface area contributed by atoms with Crippen molar-refractivity contribution in [3.8, 4) is 0 Å². The van der Waals surface area contributed by atoms with Crippen molar-refractivity contribution >= 4 is 5.69 Å². The summed E-state index contributed by atoms with van der Waals surface area (Å²) in [4.78, 5) is 2.46. The summed E-state index contributed by atoms with van der Waals surface area (Å²) >= 11 is 0. The molecule has 21 heavy (non-hydrogen) atoms. The van der Waals surface area contributed by atoms with E-state index < -0.39 is 0 Å². The van der Waals surface area contributed by atoms with Crippen LogP contribution in [0.15, 0.2) is 42.5 Å². The molecule has 2 aromatic carbocycles. The summed E-state index contributed by atoms with van der Waals surface area (Å²) in [6.07, 6.45) is 1.01. The van der Waals surface area contributed by atoms with E-state index in [1.54, 1.807) is 0 Å². The molecule has 0 saturated heterocycles. The summed E-state index contributed by atoms with van der Waals surface area (Å²) in [5, 5.41) is 0. The normalized spacial score (nSPS) is 10.7. The Balaban J connectivity index is 2.31. The number of benzene rings is 2. The molecule has 0 heterocycles. The first-order valence-electron chi connectivity index (χ1n) is 7.69. The summed E-state index contributed by atoms with van der Waals surface area (Å²) in [7, 11) is 0. The van der Waals surface area contributed by atoms with E-state index in [-0.39, 0.29) is 0 Å². The fourth-order valence-electron chi connectivity index (χ4n) is 2.77. The van der Waals surface area contributed by atoms with E-state index in [0.717, 1.165) is 26.1 Å². The van der Waals surface area contributed by atoms with Gasteiger partial charge in [0, 0.05) is 18.8 Å². The van der Waals surface area contributed by atoms with Gasteiger partial charge in [0.25, 0.3) is 0 Å². The summed E-state index contributed by atoms with van der Waals surface area (Å²) in [5.74, 6) is 0. The minimum atomic E-state index is 0.731. The van der Waals surface area contributed by atoms with Crippen molar-refractivity contribution in [3.05, 3.63) is 64.7 Å². The van der Waals surface area contributed by atoms with Crippen molar-refractivity contribution in [1.29, 1.82) is 0 Å². The number of nitrogens with zero attached hydrogens (tertiary/aromatic N) is 1. The summed E-state index contributed by atoms with van der Waals surface area (Å²) in [6.45, 7) is 9.24. The standard InChI is InChI=1S/C19H26N2/c1-15-9-6-10-16(2)18(15)14-21(13-7-12-20)19-11-5-4-8-17(19)3/h4-6,8-11H,7,12-14,20H2,1-3H3. The minimum absolute atomic E-state index is 0.731. The van der Waals surface area contributed by atoms with Gasteiger partial charge in [-0.1, -0.05) is 36.4 Å². The van der Waals surface area contributed by atoms with Crippen molar-refractivity contribution in [1.82, 2.24) is 0 Å². The molecule has 2 N–H and O–H groups in total. The lowest BCUT2D eigenvalue weighted by atomic mass is 10.0. The molecule has 0 spiro atoms. The highest BCUT2D eigenvalue weighted by Crippen LogP contribution is 2.24. The third-order valence-electron chi connectivity index (χ3n) is 4.08. The molecule has 2 rings (SSSR count). The van der Waals surface area contributed by atoms with Crippen LogP contribution in [-0.2, 0) is 6.54 Å². The molecule has 2 aromatic rings. The lowest BCUT2D eigenvalue weighted by Crippen LogP contribution is -2.27. The summed E-state index contributed by atoms with van der Waals surface area (Å²) < 4.78 is 0. The predicted molar refractivity (Wildman–Crippen MR) is 91.8 cm³/mol. The van der Waals surface area contributed by atoms with Crippen LogP contribution in [0.5, 0.6) is 0 Å². The molecular formula is C19H26N2. The van der Waals surface area contributed by atoms with E-state index in [9.17, 15) is 0 Å². The molecule has 0 aromatic heterocycles. The van der Waals surface area contributed by atoms with Crippen LogP contribution in [0.2, 0.25) is 0 Å². The summed E-state index contributed by atoms with van der Waals surface area (Å²) in [6, 6.07) is 15.1. The first kappa shape index (κ1) is 15.6. The smallest absolute Gasteiger partial charge is 0.0434 e. The van der Waals surface area contributed by atoms with Gasteiger partial charge in [0.1, 0.15) is 0 Å². The van der Waals surface area contributed by atoms with Gasteiger partial charge in [-0.25, -0.2) is 0 Å². The third kappa shape index (κ3) is 3.85. The first-order valence-corrected chi connectivity index (χ1v) is 7.69. The minimum Gasteiger partial charge on any atom is -0.367 e. The highest BCUT2D eigenvalue weighted by molar-refractivity contribution is 5.54. The molecule has 0 atom stereocenters. The Kier molecular flexibility index (Phi) is 5.40. The molecule has 0 amide bonds. The molecule has 112 valence electrons. The molecule has 2 heteroatoms. The van der Waals surface area contributed by atoms with E-state index in [1.807, 2.05) is 0 Å². The van der Waals surface area contributed by atoms with Gasteiger partial charge in [-0.15, -0.1) is 0 Å². The summed E-state index contributed by atoms with van der Waals surface area (Å²) in [5.41, 5.74) is 12.5. The quantitative estimate of drug-likeness (QED) is 0.868. The fraction of sp³-hybridized carbons (Fsp3) is 0.368. The van der Waals surface area contributed by atoms with Crippen molar-refractivity contribution in [2.45, 2.75) is 33.7 Å². The topological polar surface area (TPSA) is 29.3 Å². The molecule has 0 bridgehead atoms. The molecular weight excluding hydrogens is 256 g/mol. The largest absolute Gasteiger partial charge is 0.367 e. The van der Waals surface area contributed by atoms with Crippen molar-refractivity contribution < 1.29 is 0 Å². The second-order valence-corrected chi connectivity index (χ2v) is 5.72. The van der Waals surface area contributed by atoms with Crippen LogP contribution in [0.25, 0.3) is 0 Å². The molecule has 0 aliphatic rings. The van der Waals surface area contributed by atoms with E-state index in [1.165, 1.54) is 27.9 Å². The van der Waals surface area contributed by atoms with Crippen LogP contribution in [0, 0.1) is 20.8 Å². The molecule has 0 radical (unpaired) electrons. The fourth-order valence-corrected chi connectivity index (χ4v) is 2.77. The van der Waals surface area contributed by atoms with Gasteiger partial charge < -0.3 is 10.6 Å². The molecule has 0 saturated carbocycles. The maximum absolute atomic E-state index is 5.72. The van der Waals surface area contributed by atoms with Crippen LogP contribution in [0.4, 0.5) is 5.69 Å². The molecule has 0 aliphatic carbocycles. The average Bonchev–Trinajstić information content (AvgIpc) is 2.47. The Bertz CT molecular complexity index is 570. The Hall–Kier alpha value is -1.80. The molecule has 0 aliphatic heterocycles. The Labute approximate surface area is 128 Å². The molecule has 0 fully saturated rings. The van der Waals surface area contributed by atoms with Crippen LogP contribution in [-0.4, -0.2) is 13.1 Å². The van der Waals surface area contributed by atoms with E-state index in [0.29, 0.717) is 0 Å². The third-order valence-corrected chi connectivity index (χ3v) is 4.08. The van der Waals surface area contributed by atoms with Crippen LogP contribution in [0.1, 0.15) is 28.7 Å². The zero-order valence-electron chi connectivity index (χ0n) is 13.4. The van der Waals surface area contributed by atoms with Gasteiger partial charge in [-0.05, 0) is 62.1 Å². The number of para-hydroxylation sites is 1. The Morgan fingerprint density at radius 2 is 1.48 bits per heavy atom. The second kappa shape index (κ2) is 7.28. The number of anilines is 1. The first-order chi connectivity index (χ1) is 10.1. The second-order valence-electron chi connectivity index (χ2n) is 5.72. The molecule has 0 unspecified atom stereocenters. The number of hydrogen-bond acceptors (Lipinski definition) is 2. The van der Waals surface area contributed by atoms with E-state index >= 15 is 0 Å². The van der Waals surface area contributed by atoms with Gasteiger partial charge in [0.2, 0.25) is 0 Å². The number of nitrogens with two attached hydrogens (primary N) is 1. The van der Waals surface area contributed by atoms with Gasteiger partial charge >= 0.3 is 0 Å². The number of aryl methyl sites for hydroxylation is 3. The maximum atomic E-state index is 5.72. The number of hydrogen-bond donors (Lipinski definition) is 1. The zero-order chi connectivity index (χ0) is 15.2. The van der Waals surface area contributed by atoms with Gasteiger partial charge in [-0.2, -0.15) is 0 Å². The van der Waals surface area contributed by atoms with Crippen molar-refractivity contribution in [2.75, 3.05) is 18.0 Å².